The van der Waals surface area contributed by atoms with Crippen molar-refractivity contribution in [1.82, 2.24) is 0 Å². The third-order valence-electron chi connectivity index (χ3n) is 6.63. The van der Waals surface area contributed by atoms with Crippen molar-refractivity contribution >= 4 is 26.8 Å². The molecule has 28 heavy (non-hydrogen) atoms. The molecule has 0 saturated carbocycles. The Bertz CT molecular complexity index is 1170. The van der Waals surface area contributed by atoms with Crippen LogP contribution in [0.3, 0.4) is 0 Å². The maximum absolute atomic E-state index is 7.85. The molecule has 2 aliphatic rings. The predicted molar refractivity (Wildman–Crippen MR) is 120 cm³/mol. The van der Waals surface area contributed by atoms with Gasteiger partial charge in [0.25, 0.3) is 0 Å². The molecular weight excluding hydrogens is 462 g/mol. The number of rotatable bonds is 2. The first-order chi connectivity index (χ1) is 13.4. The number of halogens is 2. The molecule has 3 heteroatoms. The van der Waals surface area contributed by atoms with E-state index in [2.05, 4.69) is 96.4 Å². The molecule has 140 valence electrons. The Balaban J connectivity index is 1.84. The van der Waals surface area contributed by atoms with Crippen molar-refractivity contribution < 1.29 is 15.9 Å². The molecule has 5 rings (SSSR count). The zero-order valence-electron chi connectivity index (χ0n) is 16.0. The van der Waals surface area contributed by atoms with E-state index in [1.54, 1.807) is 0 Å². The van der Waals surface area contributed by atoms with Crippen LogP contribution in [0.5, 0.6) is 0 Å². The zero-order chi connectivity index (χ0) is 19.5. The molecule has 0 spiro atoms. The van der Waals surface area contributed by atoms with E-state index in [0.29, 0.717) is 0 Å². The summed E-state index contributed by atoms with van der Waals surface area (Å²) in [7, 11) is 15.7. The summed E-state index contributed by atoms with van der Waals surface area (Å²) < 4.78 is 2.37. The second-order valence-corrected chi connectivity index (χ2v) is 29.5. The van der Waals surface area contributed by atoms with E-state index < -0.39 is 15.9 Å². The third-order valence-corrected chi connectivity index (χ3v) is 25.9. The second-order valence-electron chi connectivity index (χ2n) is 8.07. The number of fused-ring (bicyclic) bond motifs is 4. The molecule has 0 aliphatic heterocycles. The normalized spacial score (nSPS) is 18.3. The third kappa shape index (κ3) is 2.43. The fraction of sp³-hybridized carbons (Fsp3) is 0.160. The van der Waals surface area contributed by atoms with Gasteiger partial charge in [0.1, 0.15) is 0 Å². The number of hydrogen-bond donors (Lipinski definition) is 0. The summed E-state index contributed by atoms with van der Waals surface area (Å²) in [4.78, 5) is 0. The SMILES string of the molecule is C[CH]=[Zr]([Cl])([Cl])([CH]1C(C)=Cc2ccccc21)[CH]1c2ccccc2-c2ccccc21. The molecule has 0 aromatic heterocycles. The standard InChI is InChI=1S/C13H9.C10H9.C2H4.2ClH.Zr/c1-3-7-12-10(5-1)9-11-6-2-4-8-13(11)12;1-8-6-9-4-2-3-5-10(9)7-8;1-2;;;/h1-9H;2-7H,1H3;1H,2H3;2*1H;/q;;;;;+2/p-2. The molecule has 0 bridgehead atoms. The van der Waals surface area contributed by atoms with Gasteiger partial charge in [-0.15, -0.1) is 0 Å². The molecule has 1 atom stereocenters. The Labute approximate surface area is 174 Å². The van der Waals surface area contributed by atoms with Crippen molar-refractivity contribution in [1.29, 1.82) is 0 Å². The quantitative estimate of drug-likeness (QED) is 0.349. The Morgan fingerprint density at radius 2 is 1.21 bits per heavy atom. The summed E-state index contributed by atoms with van der Waals surface area (Å²) in [5.41, 5.74) is 8.96. The second kappa shape index (κ2) is 6.36. The van der Waals surface area contributed by atoms with Gasteiger partial charge in [0.05, 0.1) is 0 Å². The molecule has 3 aromatic carbocycles. The van der Waals surface area contributed by atoms with Gasteiger partial charge >= 0.3 is 176 Å². The van der Waals surface area contributed by atoms with Crippen molar-refractivity contribution in [2.24, 2.45) is 0 Å². The Morgan fingerprint density at radius 3 is 1.79 bits per heavy atom. The Kier molecular flexibility index (Phi) is 4.26. The molecule has 0 radical (unpaired) electrons. The molecule has 0 fully saturated rings. The van der Waals surface area contributed by atoms with Crippen LogP contribution in [0.1, 0.15) is 43.4 Å². The van der Waals surface area contributed by atoms with Crippen molar-refractivity contribution in [3.05, 3.63) is 101 Å². The van der Waals surface area contributed by atoms with E-state index in [1.807, 2.05) is 0 Å². The summed E-state index contributed by atoms with van der Waals surface area (Å²) in [5.74, 6) is 0. The van der Waals surface area contributed by atoms with Crippen molar-refractivity contribution in [2.75, 3.05) is 0 Å². The summed E-state index contributed by atoms with van der Waals surface area (Å²) >= 11 is -4.58. The molecule has 2 aliphatic carbocycles. The topological polar surface area (TPSA) is 0 Å². The molecule has 0 amide bonds. The monoisotopic (exact) mass is 482 g/mol. The van der Waals surface area contributed by atoms with Crippen LogP contribution in [0.4, 0.5) is 0 Å². The van der Waals surface area contributed by atoms with Crippen LogP contribution in [0.15, 0.2) is 78.4 Å². The summed E-state index contributed by atoms with van der Waals surface area (Å²) in [6.45, 7) is 4.28. The van der Waals surface area contributed by atoms with Crippen LogP contribution in [-0.2, 0) is 15.9 Å². The van der Waals surface area contributed by atoms with E-state index in [-0.39, 0.29) is 7.25 Å². The first-order valence-corrected chi connectivity index (χ1v) is 20.4. The Morgan fingerprint density at radius 1 is 0.714 bits per heavy atom. The van der Waals surface area contributed by atoms with Crippen molar-refractivity contribution in [3.8, 4) is 11.1 Å². The maximum atomic E-state index is 7.85. The van der Waals surface area contributed by atoms with E-state index in [0.717, 1.165) is 0 Å². The van der Waals surface area contributed by atoms with Crippen LogP contribution in [-0.4, -0.2) is 3.71 Å². The van der Waals surface area contributed by atoms with Gasteiger partial charge in [0, 0.05) is 0 Å². The number of hydrogen-bond acceptors (Lipinski definition) is 0. The average Bonchev–Trinajstić information content (AvgIpc) is 3.23. The predicted octanol–water partition coefficient (Wildman–Crippen LogP) is 7.73. The first kappa shape index (κ1) is 18.7. The first-order valence-electron chi connectivity index (χ1n) is 9.79. The molecule has 0 heterocycles. The van der Waals surface area contributed by atoms with Gasteiger partial charge in [0.15, 0.2) is 0 Å². The van der Waals surface area contributed by atoms with E-state index in [1.165, 1.54) is 39.0 Å². The van der Waals surface area contributed by atoms with Crippen LogP contribution in [0, 0.1) is 0 Å². The average molecular weight is 485 g/mol. The summed E-state index contributed by atoms with van der Waals surface area (Å²) in [5, 5.41) is 0. The van der Waals surface area contributed by atoms with Gasteiger partial charge in [-0.25, -0.2) is 0 Å². The van der Waals surface area contributed by atoms with Crippen LogP contribution in [0.25, 0.3) is 17.2 Å². The zero-order valence-corrected chi connectivity index (χ0v) is 20.0. The van der Waals surface area contributed by atoms with Crippen LogP contribution in [0.2, 0.25) is 0 Å². The van der Waals surface area contributed by atoms with Gasteiger partial charge in [-0.2, -0.15) is 0 Å². The molecule has 1 unspecified atom stereocenters. The van der Waals surface area contributed by atoms with Gasteiger partial charge in [-0.3, -0.25) is 0 Å². The van der Waals surface area contributed by atoms with Gasteiger partial charge in [0.2, 0.25) is 0 Å². The minimum atomic E-state index is -4.58. The van der Waals surface area contributed by atoms with E-state index in [4.69, 9.17) is 17.0 Å². The fourth-order valence-electron chi connectivity index (χ4n) is 5.46. The summed E-state index contributed by atoms with van der Waals surface area (Å²) in [6, 6.07) is 25.9. The Hall–Kier alpha value is -1.27. The van der Waals surface area contributed by atoms with E-state index >= 15 is 0 Å². The number of benzene rings is 3. The molecule has 0 N–H and O–H groups in total. The summed E-state index contributed by atoms with van der Waals surface area (Å²) in [6.07, 6.45) is 2.27. The molecule has 0 saturated heterocycles. The minimum absolute atomic E-state index is 0.0571. The van der Waals surface area contributed by atoms with Gasteiger partial charge in [-0.1, -0.05) is 0 Å². The molecular formula is C25H22Cl2Zr. The van der Waals surface area contributed by atoms with Gasteiger partial charge in [-0.05, 0) is 0 Å². The number of allylic oxidation sites excluding steroid dienone is 1. The van der Waals surface area contributed by atoms with Crippen LogP contribution < -0.4 is 0 Å². The van der Waals surface area contributed by atoms with E-state index in [9.17, 15) is 0 Å². The van der Waals surface area contributed by atoms with Gasteiger partial charge < -0.3 is 0 Å². The fourth-order valence-corrected chi connectivity index (χ4v) is 22.7. The van der Waals surface area contributed by atoms with Crippen LogP contribution >= 0.6 is 17.0 Å². The molecule has 3 aromatic rings. The van der Waals surface area contributed by atoms with Crippen molar-refractivity contribution in [2.45, 2.75) is 21.1 Å². The molecule has 0 nitrogen and oxygen atoms in total. The van der Waals surface area contributed by atoms with Crippen molar-refractivity contribution in [3.63, 3.8) is 0 Å².